The normalized spacial score (nSPS) is 36.4. The van der Waals surface area contributed by atoms with Crippen molar-refractivity contribution in [2.75, 3.05) is 6.67 Å². The van der Waals surface area contributed by atoms with Gasteiger partial charge in [-0.05, 0) is 12.1 Å². The molecule has 0 aromatic heterocycles. The minimum Gasteiger partial charge on any atom is -0.383 e. The van der Waals surface area contributed by atoms with Gasteiger partial charge in [0.1, 0.15) is 18.2 Å². The molecular weight excluding hydrogens is 301 g/mol. The van der Waals surface area contributed by atoms with Gasteiger partial charge in [0.2, 0.25) is 0 Å². The minimum atomic E-state index is -2.08. The number of nitrogens with zero attached hydrogens (tertiary/aromatic N) is 1. The van der Waals surface area contributed by atoms with Gasteiger partial charge in [0, 0.05) is 16.7 Å². The zero-order chi connectivity index (χ0) is 15.6. The third-order valence-electron chi connectivity index (χ3n) is 3.66. The Kier molecular flexibility index (Phi) is 4.82. The Hall–Kier alpha value is -1.22. The quantitative estimate of drug-likeness (QED) is 0.641. The summed E-state index contributed by atoms with van der Waals surface area (Å²) >= 11 is 1.06. The average Bonchev–Trinajstić information content (AvgIpc) is 2.48. The first-order valence-corrected chi connectivity index (χ1v) is 7.23. The van der Waals surface area contributed by atoms with Crippen molar-refractivity contribution in [2.24, 2.45) is 0 Å². The predicted molar refractivity (Wildman–Crippen MR) is 74.3 cm³/mol. The van der Waals surface area contributed by atoms with Gasteiger partial charge in [-0.2, -0.15) is 0 Å². The summed E-state index contributed by atoms with van der Waals surface area (Å²) in [5.41, 5.74) is -3.12. The molecule has 1 aromatic carbocycles. The molecule has 1 heterocycles. The van der Waals surface area contributed by atoms with Gasteiger partial charge in [0.05, 0.1) is 0 Å². The number of benzene rings is 1. The second-order valence-electron chi connectivity index (χ2n) is 5.00. The van der Waals surface area contributed by atoms with Crippen molar-refractivity contribution in [2.45, 2.75) is 41.1 Å². The van der Waals surface area contributed by atoms with E-state index in [1.165, 1.54) is 0 Å². The predicted octanol–water partition coefficient (Wildman–Crippen LogP) is 1.23. The summed E-state index contributed by atoms with van der Waals surface area (Å²) in [5, 5.41) is 31.4. The summed E-state index contributed by atoms with van der Waals surface area (Å²) in [6, 6.07) is 8.84. The molecule has 2 rings (SSSR count). The smallest absolute Gasteiger partial charge is 0.276 e. The van der Waals surface area contributed by atoms with Crippen LogP contribution in [0.15, 0.2) is 35.2 Å². The fourth-order valence-electron chi connectivity index (χ4n) is 2.21. The Bertz CT molecular complexity index is 505. The molecular formula is C13H16FNO5S. The standard InChI is InChI=1S/C13H16FNO5S/c1-13(15(18)19)10(16)9(7-14)20-12(11(13)17)21-8-5-3-2-4-6-8/h2-6,9-12,16-17H,7H2,1H3/t9-,10-,11+,12+,13+/m0/s1. The van der Waals surface area contributed by atoms with Gasteiger partial charge in [-0.15, -0.1) is 0 Å². The van der Waals surface area contributed by atoms with Crippen molar-refractivity contribution in [3.05, 3.63) is 40.4 Å². The lowest BCUT2D eigenvalue weighted by atomic mass is 9.84. The summed E-state index contributed by atoms with van der Waals surface area (Å²) in [6.45, 7) is 0.0369. The van der Waals surface area contributed by atoms with E-state index in [9.17, 15) is 24.7 Å². The number of thioether (sulfide) groups is 1. The highest BCUT2D eigenvalue weighted by molar-refractivity contribution is 7.99. The minimum absolute atomic E-state index is 0.723. The summed E-state index contributed by atoms with van der Waals surface area (Å²) in [4.78, 5) is 11.2. The fourth-order valence-corrected chi connectivity index (χ4v) is 3.40. The topological polar surface area (TPSA) is 92.8 Å². The Labute approximate surface area is 125 Å². The molecule has 0 amide bonds. The van der Waals surface area contributed by atoms with Gasteiger partial charge < -0.3 is 14.9 Å². The van der Waals surface area contributed by atoms with Gasteiger partial charge in [0.25, 0.3) is 5.54 Å². The lowest BCUT2D eigenvalue weighted by Gasteiger charge is -2.42. The number of nitro groups is 1. The van der Waals surface area contributed by atoms with Crippen molar-refractivity contribution in [3.8, 4) is 0 Å². The van der Waals surface area contributed by atoms with Crippen LogP contribution in [0, 0.1) is 10.1 Å². The molecule has 1 aromatic rings. The number of aliphatic hydroxyl groups is 2. The molecule has 0 aliphatic carbocycles. The highest BCUT2D eigenvalue weighted by Gasteiger charge is 2.62. The second kappa shape index (κ2) is 6.27. The van der Waals surface area contributed by atoms with Crippen molar-refractivity contribution >= 4 is 11.8 Å². The van der Waals surface area contributed by atoms with Crippen LogP contribution in [0.25, 0.3) is 0 Å². The van der Waals surface area contributed by atoms with Crippen LogP contribution in [0.4, 0.5) is 4.39 Å². The van der Waals surface area contributed by atoms with E-state index in [2.05, 4.69) is 0 Å². The van der Waals surface area contributed by atoms with Crippen LogP contribution >= 0.6 is 11.8 Å². The number of ether oxygens (including phenoxy) is 1. The Balaban J connectivity index is 2.28. The molecule has 2 N–H and O–H groups in total. The van der Waals surface area contributed by atoms with Gasteiger partial charge >= 0.3 is 0 Å². The first-order chi connectivity index (χ1) is 9.91. The third kappa shape index (κ3) is 2.89. The van der Waals surface area contributed by atoms with Crippen LogP contribution in [0.2, 0.25) is 0 Å². The SMILES string of the molecule is C[C@]1([N+](=O)[O-])[C@H](O)[C@@H](Sc2ccccc2)O[C@@H](CF)[C@@H]1O. The number of hydrogen-bond donors (Lipinski definition) is 2. The Morgan fingerprint density at radius 2 is 2.00 bits per heavy atom. The van der Waals surface area contributed by atoms with E-state index >= 15 is 0 Å². The monoisotopic (exact) mass is 317 g/mol. The van der Waals surface area contributed by atoms with Crippen LogP contribution in [0.3, 0.4) is 0 Å². The van der Waals surface area contributed by atoms with Crippen molar-refractivity contribution < 1.29 is 24.3 Å². The molecule has 0 radical (unpaired) electrons. The van der Waals surface area contributed by atoms with Crippen molar-refractivity contribution in [1.82, 2.24) is 0 Å². The Morgan fingerprint density at radius 3 is 2.52 bits per heavy atom. The number of hydrogen-bond acceptors (Lipinski definition) is 6. The molecule has 116 valence electrons. The van der Waals surface area contributed by atoms with Crippen LogP contribution in [0.5, 0.6) is 0 Å². The Morgan fingerprint density at radius 1 is 1.38 bits per heavy atom. The van der Waals surface area contributed by atoms with Gasteiger partial charge in [-0.1, -0.05) is 30.0 Å². The largest absolute Gasteiger partial charge is 0.383 e. The molecule has 5 atom stereocenters. The molecule has 1 aliphatic heterocycles. The highest BCUT2D eigenvalue weighted by Crippen LogP contribution is 2.39. The maximum atomic E-state index is 13.0. The first-order valence-electron chi connectivity index (χ1n) is 6.35. The molecule has 1 aliphatic rings. The molecule has 6 nitrogen and oxygen atoms in total. The van der Waals surface area contributed by atoms with E-state index in [1.807, 2.05) is 0 Å². The average molecular weight is 317 g/mol. The van der Waals surface area contributed by atoms with Crippen LogP contribution in [-0.2, 0) is 4.74 Å². The van der Waals surface area contributed by atoms with Crippen LogP contribution in [-0.4, -0.2) is 51.1 Å². The number of rotatable bonds is 4. The maximum absolute atomic E-state index is 13.0. The third-order valence-corrected chi connectivity index (χ3v) is 4.80. The van der Waals surface area contributed by atoms with Gasteiger partial charge in [-0.3, -0.25) is 10.1 Å². The van der Waals surface area contributed by atoms with Gasteiger partial charge in [0.15, 0.2) is 12.2 Å². The lowest BCUT2D eigenvalue weighted by Crippen LogP contribution is -2.68. The van der Waals surface area contributed by atoms with Crippen molar-refractivity contribution in [1.29, 1.82) is 0 Å². The highest BCUT2D eigenvalue weighted by atomic mass is 32.2. The molecule has 0 spiro atoms. The first kappa shape index (κ1) is 16.2. The second-order valence-corrected chi connectivity index (χ2v) is 6.17. The molecule has 1 fully saturated rings. The van der Waals surface area contributed by atoms with E-state index in [1.54, 1.807) is 30.3 Å². The summed E-state index contributed by atoms with van der Waals surface area (Å²) in [5.74, 6) is 0. The zero-order valence-electron chi connectivity index (χ0n) is 11.3. The summed E-state index contributed by atoms with van der Waals surface area (Å²) < 4.78 is 18.3. The molecule has 0 saturated carbocycles. The number of halogens is 1. The van der Waals surface area contributed by atoms with Crippen LogP contribution < -0.4 is 0 Å². The number of aliphatic hydroxyl groups excluding tert-OH is 2. The molecule has 0 unspecified atom stereocenters. The van der Waals surface area contributed by atoms with E-state index < -0.39 is 40.9 Å². The molecule has 0 bridgehead atoms. The van der Waals surface area contributed by atoms with E-state index in [0.717, 1.165) is 23.6 Å². The van der Waals surface area contributed by atoms with Crippen molar-refractivity contribution in [3.63, 3.8) is 0 Å². The lowest BCUT2D eigenvalue weighted by molar-refractivity contribution is -0.602. The summed E-state index contributed by atoms with van der Waals surface area (Å²) in [7, 11) is 0. The van der Waals surface area contributed by atoms with E-state index in [0.29, 0.717) is 0 Å². The van der Waals surface area contributed by atoms with Crippen LogP contribution in [0.1, 0.15) is 6.92 Å². The molecule has 21 heavy (non-hydrogen) atoms. The number of alkyl halides is 1. The molecule has 8 heteroatoms. The molecule has 1 saturated heterocycles. The fraction of sp³-hybridized carbons (Fsp3) is 0.538. The zero-order valence-corrected chi connectivity index (χ0v) is 12.1. The van der Waals surface area contributed by atoms with E-state index in [4.69, 9.17) is 4.74 Å². The maximum Gasteiger partial charge on any atom is 0.276 e. The summed E-state index contributed by atoms with van der Waals surface area (Å²) in [6.07, 6.45) is -4.64. The van der Waals surface area contributed by atoms with Gasteiger partial charge in [-0.25, -0.2) is 4.39 Å². The van der Waals surface area contributed by atoms with E-state index in [-0.39, 0.29) is 0 Å².